The fourth-order valence-corrected chi connectivity index (χ4v) is 2.92. The standard InChI is InChI=1S/C14H14N6OS2/c1-8-4-3-5-10(6-8)12-17-19-14(22)20(12)7-11(21)15-13-18-16-9(2)23-13/h3-6H,7H2,1-2H3,(H,19,22)(H,15,18,21). The van der Waals surface area contributed by atoms with Crippen molar-refractivity contribution in [1.29, 1.82) is 0 Å². The van der Waals surface area contributed by atoms with Crippen molar-refractivity contribution in [2.24, 2.45) is 0 Å². The maximum atomic E-state index is 12.2. The Morgan fingerprint density at radius 1 is 1.39 bits per heavy atom. The van der Waals surface area contributed by atoms with Crippen LogP contribution in [0.3, 0.4) is 0 Å². The summed E-state index contributed by atoms with van der Waals surface area (Å²) in [7, 11) is 0. The summed E-state index contributed by atoms with van der Waals surface area (Å²) in [4.78, 5) is 12.2. The first kappa shape index (κ1) is 15.5. The SMILES string of the molecule is Cc1cccc(-c2n[nH]c(=S)n2CC(=O)Nc2nnc(C)s2)c1. The number of aromatic nitrogens is 5. The molecule has 1 aromatic carbocycles. The molecule has 2 N–H and O–H groups in total. The molecule has 9 heteroatoms. The zero-order valence-electron chi connectivity index (χ0n) is 12.5. The van der Waals surface area contributed by atoms with E-state index in [0.717, 1.165) is 16.1 Å². The number of nitrogens with one attached hydrogen (secondary N) is 2. The molecule has 0 spiro atoms. The Morgan fingerprint density at radius 2 is 2.22 bits per heavy atom. The van der Waals surface area contributed by atoms with Gasteiger partial charge in [0.25, 0.3) is 0 Å². The van der Waals surface area contributed by atoms with E-state index in [1.54, 1.807) is 4.57 Å². The van der Waals surface area contributed by atoms with Crippen LogP contribution in [0.15, 0.2) is 24.3 Å². The van der Waals surface area contributed by atoms with Gasteiger partial charge in [-0.1, -0.05) is 35.1 Å². The Hall–Kier alpha value is -2.39. The third-order valence-electron chi connectivity index (χ3n) is 3.11. The van der Waals surface area contributed by atoms with Gasteiger partial charge in [0.1, 0.15) is 11.6 Å². The number of carbonyl (C=O) groups is 1. The van der Waals surface area contributed by atoms with Gasteiger partial charge in [-0.05, 0) is 32.1 Å². The van der Waals surface area contributed by atoms with E-state index in [9.17, 15) is 4.79 Å². The molecule has 0 atom stereocenters. The number of H-pyrrole nitrogens is 1. The van der Waals surface area contributed by atoms with Crippen molar-refractivity contribution in [1.82, 2.24) is 25.0 Å². The molecule has 0 saturated carbocycles. The molecular formula is C14H14N6OS2. The highest BCUT2D eigenvalue weighted by atomic mass is 32.1. The number of rotatable bonds is 4. The zero-order valence-corrected chi connectivity index (χ0v) is 14.2. The summed E-state index contributed by atoms with van der Waals surface area (Å²) in [5.41, 5.74) is 2.01. The largest absolute Gasteiger partial charge is 0.299 e. The van der Waals surface area contributed by atoms with E-state index < -0.39 is 0 Å². The first-order valence-corrected chi connectivity index (χ1v) is 8.07. The van der Waals surface area contributed by atoms with Crippen LogP contribution in [0, 0.1) is 18.6 Å². The second-order valence-corrected chi connectivity index (χ2v) is 6.55. The van der Waals surface area contributed by atoms with Gasteiger partial charge in [0.2, 0.25) is 11.0 Å². The van der Waals surface area contributed by atoms with E-state index in [0.29, 0.717) is 15.7 Å². The molecule has 0 bridgehead atoms. The lowest BCUT2D eigenvalue weighted by Crippen LogP contribution is -2.19. The molecule has 3 aromatic rings. The van der Waals surface area contributed by atoms with Crippen LogP contribution in [0.4, 0.5) is 5.13 Å². The Bertz CT molecular complexity index is 910. The van der Waals surface area contributed by atoms with Gasteiger partial charge >= 0.3 is 0 Å². The zero-order chi connectivity index (χ0) is 16.4. The van der Waals surface area contributed by atoms with Crippen LogP contribution in [0.25, 0.3) is 11.4 Å². The second kappa shape index (κ2) is 6.39. The predicted octanol–water partition coefficient (Wildman–Crippen LogP) is 2.71. The topological polar surface area (TPSA) is 88.5 Å². The first-order chi connectivity index (χ1) is 11.0. The van der Waals surface area contributed by atoms with Crippen LogP contribution in [0.2, 0.25) is 0 Å². The summed E-state index contributed by atoms with van der Waals surface area (Å²) in [5.74, 6) is 0.398. The lowest BCUT2D eigenvalue weighted by molar-refractivity contribution is -0.116. The molecule has 0 saturated heterocycles. The molecule has 7 nitrogen and oxygen atoms in total. The molecule has 0 unspecified atom stereocenters. The predicted molar refractivity (Wildman–Crippen MR) is 90.9 cm³/mol. The van der Waals surface area contributed by atoms with E-state index >= 15 is 0 Å². The molecule has 1 amide bonds. The molecule has 23 heavy (non-hydrogen) atoms. The van der Waals surface area contributed by atoms with E-state index in [2.05, 4.69) is 25.7 Å². The summed E-state index contributed by atoms with van der Waals surface area (Å²) in [5, 5.41) is 18.7. The Morgan fingerprint density at radius 3 is 2.91 bits per heavy atom. The molecule has 3 rings (SSSR count). The number of aromatic amines is 1. The van der Waals surface area contributed by atoms with Gasteiger partial charge in [0, 0.05) is 5.56 Å². The third kappa shape index (κ3) is 3.51. The summed E-state index contributed by atoms with van der Waals surface area (Å²) in [6.07, 6.45) is 0. The quantitative estimate of drug-likeness (QED) is 0.709. The molecule has 2 aromatic heterocycles. The number of carbonyl (C=O) groups excluding carboxylic acids is 1. The van der Waals surface area contributed by atoms with Crippen molar-refractivity contribution in [2.75, 3.05) is 5.32 Å². The van der Waals surface area contributed by atoms with E-state index in [-0.39, 0.29) is 12.5 Å². The van der Waals surface area contributed by atoms with E-state index in [1.807, 2.05) is 38.1 Å². The molecule has 0 fully saturated rings. The van der Waals surface area contributed by atoms with Gasteiger partial charge in [-0.15, -0.1) is 10.2 Å². The molecule has 0 radical (unpaired) electrons. The van der Waals surface area contributed by atoms with Gasteiger partial charge in [0.05, 0.1) is 0 Å². The van der Waals surface area contributed by atoms with Crippen molar-refractivity contribution in [3.8, 4) is 11.4 Å². The van der Waals surface area contributed by atoms with Crippen molar-refractivity contribution >= 4 is 34.6 Å². The minimum Gasteiger partial charge on any atom is -0.299 e. The van der Waals surface area contributed by atoms with Crippen molar-refractivity contribution in [3.63, 3.8) is 0 Å². The average Bonchev–Trinajstić information content (AvgIpc) is 3.06. The monoisotopic (exact) mass is 346 g/mol. The lowest BCUT2D eigenvalue weighted by Gasteiger charge is -2.07. The van der Waals surface area contributed by atoms with Crippen LogP contribution in [-0.2, 0) is 11.3 Å². The highest BCUT2D eigenvalue weighted by molar-refractivity contribution is 7.71. The number of benzene rings is 1. The lowest BCUT2D eigenvalue weighted by atomic mass is 10.1. The number of aryl methyl sites for hydroxylation is 2. The van der Waals surface area contributed by atoms with Crippen molar-refractivity contribution in [3.05, 3.63) is 39.6 Å². The molecular weight excluding hydrogens is 332 g/mol. The van der Waals surface area contributed by atoms with Crippen LogP contribution in [-0.4, -0.2) is 30.9 Å². The number of anilines is 1. The molecule has 0 aliphatic heterocycles. The highest BCUT2D eigenvalue weighted by Crippen LogP contribution is 2.19. The fraction of sp³-hybridized carbons (Fsp3) is 0.214. The van der Waals surface area contributed by atoms with E-state index in [4.69, 9.17) is 12.2 Å². The van der Waals surface area contributed by atoms with Gasteiger partial charge in [0.15, 0.2) is 10.6 Å². The van der Waals surface area contributed by atoms with Crippen LogP contribution >= 0.6 is 23.6 Å². The summed E-state index contributed by atoms with van der Waals surface area (Å²) >= 11 is 6.55. The van der Waals surface area contributed by atoms with Crippen molar-refractivity contribution in [2.45, 2.75) is 20.4 Å². The summed E-state index contributed by atoms with van der Waals surface area (Å²) in [6.45, 7) is 3.88. The first-order valence-electron chi connectivity index (χ1n) is 6.85. The van der Waals surface area contributed by atoms with Gasteiger partial charge < -0.3 is 0 Å². The molecule has 0 aliphatic carbocycles. The van der Waals surface area contributed by atoms with Gasteiger partial charge in [-0.2, -0.15) is 5.10 Å². The molecule has 118 valence electrons. The minimum absolute atomic E-state index is 0.0528. The maximum Gasteiger partial charge on any atom is 0.246 e. The minimum atomic E-state index is -0.229. The second-order valence-electron chi connectivity index (χ2n) is 4.98. The molecule has 0 aliphatic rings. The molecule has 2 heterocycles. The number of nitrogens with zero attached hydrogens (tertiary/aromatic N) is 4. The Kier molecular flexibility index (Phi) is 4.30. The Balaban J connectivity index is 1.84. The Labute approximate surface area is 141 Å². The highest BCUT2D eigenvalue weighted by Gasteiger charge is 2.13. The fourth-order valence-electron chi connectivity index (χ4n) is 2.12. The van der Waals surface area contributed by atoms with E-state index in [1.165, 1.54) is 11.3 Å². The summed E-state index contributed by atoms with van der Waals surface area (Å²) < 4.78 is 2.05. The number of amides is 1. The van der Waals surface area contributed by atoms with Crippen LogP contribution < -0.4 is 5.32 Å². The number of hydrogen-bond donors (Lipinski definition) is 2. The number of hydrogen-bond acceptors (Lipinski definition) is 6. The average molecular weight is 346 g/mol. The third-order valence-corrected chi connectivity index (χ3v) is 4.17. The van der Waals surface area contributed by atoms with Gasteiger partial charge in [-0.3, -0.25) is 19.8 Å². The van der Waals surface area contributed by atoms with Crippen LogP contribution in [0.1, 0.15) is 10.6 Å². The van der Waals surface area contributed by atoms with Crippen molar-refractivity contribution < 1.29 is 4.79 Å². The maximum absolute atomic E-state index is 12.2. The summed E-state index contributed by atoms with van der Waals surface area (Å²) in [6, 6.07) is 7.87. The smallest absolute Gasteiger partial charge is 0.246 e. The van der Waals surface area contributed by atoms with Gasteiger partial charge in [-0.25, -0.2) is 0 Å². The van der Waals surface area contributed by atoms with Crippen LogP contribution in [0.5, 0.6) is 0 Å². The normalized spacial score (nSPS) is 10.7.